The van der Waals surface area contributed by atoms with Gasteiger partial charge in [0.05, 0.1) is 22.7 Å². The standard InChI is InChI=1S/C46H29N5S/c47-28-29-18-20-31(21-19-29)45-48-44(30-10-3-1-4-11-30)49-46(50-45)38-16-9-15-37-36-24-22-33(27-42(36)52-43(37)38)32-23-25-41-39(26-32)35-14-7-8-17-40(35)51(41)34-12-5-2-6-13-34/h1-27,44H,(H,48,49,50). The lowest BCUT2D eigenvalue weighted by molar-refractivity contribution is 0.674. The van der Waals surface area contributed by atoms with E-state index in [1.165, 1.54) is 48.4 Å². The van der Waals surface area contributed by atoms with E-state index in [1.807, 2.05) is 42.5 Å². The second-order valence-electron chi connectivity index (χ2n) is 13.0. The summed E-state index contributed by atoms with van der Waals surface area (Å²) in [6, 6.07) is 59.3. The first kappa shape index (κ1) is 30.1. The number of nitrogens with zero attached hydrogens (tertiary/aromatic N) is 4. The quantitative estimate of drug-likeness (QED) is 0.196. The van der Waals surface area contributed by atoms with Gasteiger partial charge in [0.1, 0.15) is 12.0 Å². The molecule has 1 aliphatic rings. The van der Waals surface area contributed by atoms with E-state index in [0.29, 0.717) is 11.4 Å². The molecule has 0 amide bonds. The number of hydrogen-bond acceptors (Lipinski definition) is 5. The van der Waals surface area contributed by atoms with Gasteiger partial charge in [0.25, 0.3) is 0 Å². The zero-order valence-corrected chi connectivity index (χ0v) is 28.7. The number of nitriles is 1. The van der Waals surface area contributed by atoms with Crippen LogP contribution in [0.1, 0.15) is 28.4 Å². The highest BCUT2D eigenvalue weighted by Crippen LogP contribution is 2.40. The molecule has 0 spiro atoms. The van der Waals surface area contributed by atoms with Crippen LogP contribution in [0.25, 0.3) is 58.8 Å². The lowest BCUT2D eigenvalue weighted by Crippen LogP contribution is -2.33. The molecule has 244 valence electrons. The molecule has 1 N–H and O–H groups in total. The average Bonchev–Trinajstić information content (AvgIpc) is 3.76. The van der Waals surface area contributed by atoms with Crippen molar-refractivity contribution < 1.29 is 0 Å². The number of para-hydroxylation sites is 2. The minimum atomic E-state index is -0.307. The van der Waals surface area contributed by atoms with Crippen LogP contribution < -0.4 is 5.32 Å². The molecule has 1 aliphatic heterocycles. The minimum Gasteiger partial charge on any atom is -0.344 e. The second-order valence-corrected chi connectivity index (χ2v) is 14.0. The molecule has 3 heterocycles. The lowest BCUT2D eigenvalue weighted by Gasteiger charge is -2.23. The van der Waals surface area contributed by atoms with Crippen molar-refractivity contribution >= 4 is 65.0 Å². The number of hydrogen-bond donors (Lipinski definition) is 1. The molecule has 1 atom stereocenters. The van der Waals surface area contributed by atoms with E-state index >= 15 is 0 Å². The monoisotopic (exact) mass is 683 g/mol. The summed E-state index contributed by atoms with van der Waals surface area (Å²) in [5, 5.41) is 17.8. The van der Waals surface area contributed by atoms with Gasteiger partial charge >= 0.3 is 0 Å². The number of rotatable bonds is 5. The van der Waals surface area contributed by atoms with E-state index < -0.39 is 0 Å². The minimum absolute atomic E-state index is 0.307. The molecular weight excluding hydrogens is 655 g/mol. The van der Waals surface area contributed by atoms with Crippen molar-refractivity contribution in [1.29, 1.82) is 5.26 Å². The van der Waals surface area contributed by atoms with Crippen LogP contribution in [-0.4, -0.2) is 16.2 Å². The van der Waals surface area contributed by atoms with Gasteiger partial charge in [-0.05, 0) is 83.4 Å². The zero-order valence-electron chi connectivity index (χ0n) is 27.9. The fraction of sp³-hybridized carbons (Fsp3) is 0.0217. The smallest absolute Gasteiger partial charge is 0.160 e. The SMILES string of the molecule is N#Cc1ccc(C2=NC(c3cccc4c3sc3cc(-c5ccc6c(c5)c5ccccc5n6-c5ccccc5)ccc34)=NC(c3ccccc3)N2)cc1. The van der Waals surface area contributed by atoms with Crippen LogP contribution in [0.3, 0.4) is 0 Å². The predicted molar refractivity (Wildman–Crippen MR) is 216 cm³/mol. The molecule has 1 unspecified atom stereocenters. The third-order valence-corrected chi connectivity index (χ3v) is 11.1. The van der Waals surface area contributed by atoms with Gasteiger partial charge in [-0.15, -0.1) is 11.3 Å². The van der Waals surface area contributed by atoms with Crippen LogP contribution in [0.15, 0.2) is 174 Å². The molecular formula is C46H29N5S. The van der Waals surface area contributed by atoms with Crippen molar-refractivity contribution in [2.24, 2.45) is 9.98 Å². The van der Waals surface area contributed by atoms with Crippen LogP contribution in [0, 0.1) is 11.3 Å². The summed E-state index contributed by atoms with van der Waals surface area (Å²) in [7, 11) is 0. The molecule has 52 heavy (non-hydrogen) atoms. The van der Waals surface area contributed by atoms with E-state index in [2.05, 4.69) is 137 Å². The van der Waals surface area contributed by atoms with Crippen LogP contribution in [0.5, 0.6) is 0 Å². The van der Waals surface area contributed by atoms with Gasteiger partial charge in [0, 0.05) is 47.8 Å². The molecule has 0 saturated heterocycles. The average molecular weight is 684 g/mol. The first-order valence-corrected chi connectivity index (χ1v) is 18.1. The maximum atomic E-state index is 9.37. The Bertz CT molecular complexity index is 2930. The van der Waals surface area contributed by atoms with E-state index in [9.17, 15) is 5.26 Å². The van der Waals surface area contributed by atoms with Crippen molar-refractivity contribution in [2.75, 3.05) is 0 Å². The van der Waals surface area contributed by atoms with Crippen LogP contribution in [-0.2, 0) is 0 Å². The summed E-state index contributed by atoms with van der Waals surface area (Å²) >= 11 is 1.79. The Kier molecular flexibility index (Phi) is 7.05. The summed E-state index contributed by atoms with van der Waals surface area (Å²) in [5.74, 6) is 1.41. The van der Waals surface area contributed by atoms with E-state index in [0.717, 1.165) is 32.9 Å². The summed E-state index contributed by atoms with van der Waals surface area (Å²) in [6.45, 7) is 0. The fourth-order valence-corrected chi connectivity index (χ4v) is 8.64. The Balaban J connectivity index is 1.09. The predicted octanol–water partition coefficient (Wildman–Crippen LogP) is 11.2. The van der Waals surface area contributed by atoms with Crippen molar-refractivity contribution in [3.05, 3.63) is 186 Å². The van der Waals surface area contributed by atoms with Gasteiger partial charge in [-0.25, -0.2) is 9.98 Å². The summed E-state index contributed by atoms with van der Waals surface area (Å²) in [6.07, 6.45) is -0.307. The molecule has 9 aromatic rings. The van der Waals surface area contributed by atoms with Crippen LogP contribution in [0.2, 0.25) is 0 Å². The normalized spacial score (nSPS) is 14.3. The first-order valence-electron chi connectivity index (χ1n) is 17.2. The summed E-state index contributed by atoms with van der Waals surface area (Å²) in [4.78, 5) is 10.3. The van der Waals surface area contributed by atoms with E-state index in [4.69, 9.17) is 9.98 Å². The molecule has 0 saturated carbocycles. The third-order valence-electron chi connectivity index (χ3n) is 9.91. The lowest BCUT2D eigenvalue weighted by atomic mass is 10.0. The Labute approximate surface area is 304 Å². The Hall–Kier alpha value is -6.81. The maximum absolute atomic E-state index is 9.37. The molecule has 0 radical (unpaired) electrons. The molecule has 0 bridgehead atoms. The fourth-order valence-electron chi connectivity index (χ4n) is 7.39. The van der Waals surface area contributed by atoms with Gasteiger partial charge in [-0.2, -0.15) is 5.26 Å². The van der Waals surface area contributed by atoms with Gasteiger partial charge < -0.3 is 9.88 Å². The Morgan fingerprint density at radius 1 is 0.596 bits per heavy atom. The van der Waals surface area contributed by atoms with Gasteiger partial charge in [-0.1, -0.05) is 97.1 Å². The van der Waals surface area contributed by atoms with Crippen molar-refractivity contribution in [1.82, 2.24) is 9.88 Å². The van der Waals surface area contributed by atoms with Crippen molar-refractivity contribution in [3.63, 3.8) is 0 Å². The molecule has 0 fully saturated rings. The number of amidine groups is 2. The van der Waals surface area contributed by atoms with Crippen LogP contribution in [0.4, 0.5) is 0 Å². The maximum Gasteiger partial charge on any atom is 0.160 e. The van der Waals surface area contributed by atoms with Crippen LogP contribution >= 0.6 is 11.3 Å². The van der Waals surface area contributed by atoms with E-state index in [-0.39, 0.29) is 6.17 Å². The van der Waals surface area contributed by atoms with Gasteiger partial charge in [-0.3, -0.25) is 0 Å². The van der Waals surface area contributed by atoms with Crippen molar-refractivity contribution in [2.45, 2.75) is 6.17 Å². The molecule has 2 aromatic heterocycles. The Morgan fingerprint density at radius 3 is 2.12 bits per heavy atom. The summed E-state index contributed by atoms with van der Waals surface area (Å²) < 4.78 is 4.73. The molecule has 0 aliphatic carbocycles. The van der Waals surface area contributed by atoms with E-state index in [1.54, 1.807) is 11.3 Å². The molecule has 10 rings (SSSR count). The molecule has 7 aromatic carbocycles. The number of aliphatic imine (C=N–C) groups is 2. The number of nitrogens with one attached hydrogen (secondary N) is 1. The molecule has 5 nitrogen and oxygen atoms in total. The highest BCUT2D eigenvalue weighted by atomic mass is 32.1. The first-order chi connectivity index (χ1) is 25.7. The number of benzene rings is 7. The molecule has 6 heteroatoms. The Morgan fingerprint density at radius 2 is 1.29 bits per heavy atom. The van der Waals surface area contributed by atoms with Gasteiger partial charge in [0.15, 0.2) is 5.84 Å². The third kappa shape index (κ3) is 4.98. The van der Waals surface area contributed by atoms with Gasteiger partial charge in [0.2, 0.25) is 0 Å². The largest absolute Gasteiger partial charge is 0.344 e. The second kappa shape index (κ2) is 12.2. The number of aromatic nitrogens is 1. The number of thiophene rings is 1. The summed E-state index contributed by atoms with van der Waals surface area (Å²) in [5.41, 5.74) is 9.51. The highest BCUT2D eigenvalue weighted by molar-refractivity contribution is 7.26. The zero-order chi connectivity index (χ0) is 34.6. The van der Waals surface area contributed by atoms with Crippen molar-refractivity contribution in [3.8, 4) is 22.9 Å². The number of fused-ring (bicyclic) bond motifs is 6. The topological polar surface area (TPSA) is 65.5 Å². The highest BCUT2D eigenvalue weighted by Gasteiger charge is 2.23.